The second-order valence-corrected chi connectivity index (χ2v) is 11.2. The molecule has 1 fully saturated rings. The average molecular weight is 549 g/mol. The number of aliphatic hydroxyl groups is 2. The number of carbonyl (C=O) groups excluding carboxylic acids is 2. The lowest BCUT2D eigenvalue weighted by Crippen LogP contribution is -2.50. The molecule has 0 aliphatic carbocycles. The van der Waals surface area contributed by atoms with E-state index in [1.165, 1.54) is 21.2 Å². The lowest BCUT2D eigenvalue weighted by Gasteiger charge is -2.28. The summed E-state index contributed by atoms with van der Waals surface area (Å²) in [6.07, 6.45) is -1.45. The Balaban J connectivity index is 1.17. The van der Waals surface area contributed by atoms with Gasteiger partial charge >= 0.3 is 0 Å². The van der Waals surface area contributed by atoms with Crippen LogP contribution in [0.4, 0.5) is 0 Å². The van der Waals surface area contributed by atoms with Crippen molar-refractivity contribution in [2.75, 3.05) is 6.54 Å². The summed E-state index contributed by atoms with van der Waals surface area (Å²) in [6, 6.07) is 25.5. The molecule has 2 amide bonds. The van der Waals surface area contributed by atoms with Crippen molar-refractivity contribution in [1.29, 1.82) is 0 Å². The first-order valence-corrected chi connectivity index (χ1v) is 13.8. The minimum atomic E-state index is -1.86. The van der Waals surface area contributed by atoms with Crippen molar-refractivity contribution in [2.24, 2.45) is 0 Å². The Labute approximate surface area is 230 Å². The molecule has 3 atom stereocenters. The first kappa shape index (κ1) is 26.4. The smallest absolute Gasteiger partial charge is 0.255 e. The molecular weight excluding hydrogens is 520 g/mol. The van der Waals surface area contributed by atoms with E-state index in [1.54, 1.807) is 23.5 Å². The summed E-state index contributed by atoms with van der Waals surface area (Å²) in [7, 11) is 0. The van der Waals surface area contributed by atoms with Gasteiger partial charge in [0, 0.05) is 27.7 Å². The third-order valence-electron chi connectivity index (χ3n) is 6.99. The maximum absolute atomic E-state index is 13.0. The van der Waals surface area contributed by atoms with Gasteiger partial charge in [-0.3, -0.25) is 9.59 Å². The Kier molecular flexibility index (Phi) is 8.09. The van der Waals surface area contributed by atoms with Crippen LogP contribution in [0.1, 0.15) is 39.8 Å². The Morgan fingerprint density at radius 1 is 0.974 bits per heavy atom. The number of nitrogens with zero attached hydrogens (tertiary/aromatic N) is 1. The first-order valence-electron chi connectivity index (χ1n) is 12.6. The van der Waals surface area contributed by atoms with Crippen LogP contribution in [0.25, 0.3) is 10.8 Å². The fourth-order valence-electron chi connectivity index (χ4n) is 5.06. The highest BCUT2D eigenvalue weighted by Crippen LogP contribution is 2.33. The number of hydrogen-bond acceptors (Lipinski definition) is 5. The zero-order valence-electron chi connectivity index (χ0n) is 20.7. The predicted octanol–water partition coefficient (Wildman–Crippen LogP) is 4.85. The number of halogens is 1. The van der Waals surface area contributed by atoms with Gasteiger partial charge in [-0.25, -0.2) is 0 Å². The minimum Gasteiger partial charge on any atom is -0.380 e. The van der Waals surface area contributed by atoms with Crippen molar-refractivity contribution in [3.05, 3.63) is 105 Å². The third kappa shape index (κ3) is 5.76. The second kappa shape index (κ2) is 11.7. The number of aliphatic hydroxyl groups excluding tert-OH is 2. The van der Waals surface area contributed by atoms with Gasteiger partial charge in [0.25, 0.3) is 11.8 Å². The standard InChI is InChI=1S/C30H29ClN2O4S/c31-22-10-4-9-21(16-22)26-12-5-15-33(26)30(37)28(35)27(34)29(36)32-18-24-14-13-23(38-24)17-20-8-3-7-19-6-1-2-11-25(19)20/h1-4,6-11,13-14,16,26-28,34-35H,5,12,15,17-18H2,(H,32,36)/t26-,27-,28-/m1/s1. The van der Waals surface area contributed by atoms with Crippen LogP contribution < -0.4 is 5.32 Å². The molecule has 4 aromatic rings. The van der Waals surface area contributed by atoms with Gasteiger partial charge in [-0.05, 0) is 59.0 Å². The summed E-state index contributed by atoms with van der Waals surface area (Å²) in [5.74, 6) is -1.45. The summed E-state index contributed by atoms with van der Waals surface area (Å²) in [4.78, 5) is 29.2. The molecule has 1 aliphatic heterocycles. The van der Waals surface area contributed by atoms with Crippen molar-refractivity contribution in [1.82, 2.24) is 10.2 Å². The lowest BCUT2D eigenvalue weighted by molar-refractivity contribution is -0.153. The van der Waals surface area contributed by atoms with Crippen molar-refractivity contribution in [3.8, 4) is 0 Å². The molecule has 6 nitrogen and oxygen atoms in total. The molecule has 8 heteroatoms. The Morgan fingerprint density at radius 3 is 2.58 bits per heavy atom. The summed E-state index contributed by atoms with van der Waals surface area (Å²) in [6.45, 7) is 0.641. The highest BCUT2D eigenvalue weighted by Gasteiger charge is 2.38. The van der Waals surface area contributed by atoms with E-state index in [4.69, 9.17) is 11.6 Å². The molecule has 0 saturated carbocycles. The van der Waals surface area contributed by atoms with Crippen LogP contribution in [0.2, 0.25) is 5.02 Å². The summed E-state index contributed by atoms with van der Waals surface area (Å²) >= 11 is 7.69. The molecule has 1 saturated heterocycles. The van der Waals surface area contributed by atoms with Gasteiger partial charge in [-0.2, -0.15) is 0 Å². The third-order valence-corrected chi connectivity index (χ3v) is 8.31. The molecule has 2 heterocycles. The number of carbonyl (C=O) groups is 2. The largest absolute Gasteiger partial charge is 0.380 e. The second-order valence-electron chi connectivity index (χ2n) is 9.54. The van der Waals surface area contributed by atoms with E-state index in [1.807, 2.05) is 36.4 Å². The first-order chi connectivity index (χ1) is 18.4. The maximum atomic E-state index is 13.0. The minimum absolute atomic E-state index is 0.200. The van der Waals surface area contributed by atoms with E-state index in [-0.39, 0.29) is 12.6 Å². The Morgan fingerprint density at radius 2 is 1.74 bits per heavy atom. The molecule has 1 aromatic heterocycles. The zero-order valence-corrected chi connectivity index (χ0v) is 22.3. The van der Waals surface area contributed by atoms with Gasteiger partial charge in [-0.15, -0.1) is 11.3 Å². The van der Waals surface area contributed by atoms with Gasteiger partial charge in [0.1, 0.15) is 0 Å². The van der Waals surface area contributed by atoms with Crippen LogP contribution in [0.5, 0.6) is 0 Å². The van der Waals surface area contributed by atoms with Crippen molar-refractivity contribution < 1.29 is 19.8 Å². The molecule has 3 N–H and O–H groups in total. The van der Waals surface area contributed by atoms with E-state index < -0.39 is 24.0 Å². The number of likely N-dealkylation sites (tertiary alicyclic amines) is 1. The van der Waals surface area contributed by atoms with Crippen LogP contribution in [0.15, 0.2) is 78.9 Å². The zero-order chi connectivity index (χ0) is 26.6. The highest BCUT2D eigenvalue weighted by atomic mass is 35.5. The highest BCUT2D eigenvalue weighted by molar-refractivity contribution is 7.12. The molecule has 196 valence electrons. The van der Waals surface area contributed by atoms with Gasteiger partial charge in [-0.1, -0.05) is 66.2 Å². The molecule has 0 spiro atoms. The molecule has 5 rings (SSSR count). The van der Waals surface area contributed by atoms with Crippen LogP contribution in [-0.2, 0) is 22.6 Å². The number of nitrogens with one attached hydrogen (secondary N) is 1. The normalized spacial score (nSPS) is 16.9. The van der Waals surface area contributed by atoms with Crippen LogP contribution in [-0.4, -0.2) is 45.7 Å². The molecule has 38 heavy (non-hydrogen) atoms. The molecule has 3 aromatic carbocycles. The van der Waals surface area contributed by atoms with Crippen LogP contribution in [0.3, 0.4) is 0 Å². The SMILES string of the molecule is O=C(NCc1ccc(Cc2cccc3ccccc23)s1)[C@H](O)[C@@H](O)C(=O)N1CCC[C@@H]1c1cccc(Cl)c1. The van der Waals surface area contributed by atoms with E-state index in [9.17, 15) is 19.8 Å². The topological polar surface area (TPSA) is 89.9 Å². The maximum Gasteiger partial charge on any atom is 0.255 e. The monoisotopic (exact) mass is 548 g/mol. The van der Waals surface area contributed by atoms with E-state index in [0.717, 1.165) is 34.6 Å². The van der Waals surface area contributed by atoms with Crippen LogP contribution in [0, 0.1) is 0 Å². The van der Waals surface area contributed by atoms with E-state index in [0.29, 0.717) is 11.6 Å². The number of hydrogen-bond donors (Lipinski definition) is 3. The Bertz CT molecular complexity index is 1450. The summed E-state index contributed by atoms with van der Waals surface area (Å²) < 4.78 is 0. The van der Waals surface area contributed by atoms with Crippen molar-refractivity contribution in [3.63, 3.8) is 0 Å². The van der Waals surface area contributed by atoms with Gasteiger partial charge < -0.3 is 20.4 Å². The van der Waals surface area contributed by atoms with Crippen LogP contribution >= 0.6 is 22.9 Å². The van der Waals surface area contributed by atoms with E-state index in [2.05, 4.69) is 35.6 Å². The molecule has 0 bridgehead atoms. The van der Waals surface area contributed by atoms with E-state index >= 15 is 0 Å². The number of amides is 2. The van der Waals surface area contributed by atoms with Gasteiger partial charge in [0.05, 0.1) is 12.6 Å². The quantitative estimate of drug-likeness (QED) is 0.294. The lowest BCUT2D eigenvalue weighted by atomic mass is 10.0. The van der Waals surface area contributed by atoms with Crippen molar-refractivity contribution >= 4 is 45.5 Å². The van der Waals surface area contributed by atoms with Gasteiger partial charge in [0.2, 0.25) is 0 Å². The van der Waals surface area contributed by atoms with Crippen molar-refractivity contribution in [2.45, 2.75) is 44.1 Å². The number of rotatable bonds is 8. The average Bonchev–Trinajstić information content (AvgIpc) is 3.60. The molecular formula is C30H29ClN2O4S. The summed E-state index contributed by atoms with van der Waals surface area (Å²) in [5.41, 5.74) is 2.10. The fraction of sp³-hybridized carbons (Fsp3) is 0.267. The fourth-order valence-corrected chi connectivity index (χ4v) is 6.24. The number of thiophene rings is 1. The van der Waals surface area contributed by atoms with Gasteiger partial charge in [0.15, 0.2) is 12.2 Å². The molecule has 0 radical (unpaired) electrons. The molecule has 1 aliphatic rings. The number of fused-ring (bicyclic) bond motifs is 1. The summed E-state index contributed by atoms with van der Waals surface area (Å²) in [5, 5.41) is 26.7. The molecule has 0 unspecified atom stereocenters. The number of benzene rings is 3. The Hall–Kier alpha value is -3.23. The predicted molar refractivity (Wildman–Crippen MR) is 150 cm³/mol.